The minimum absolute atomic E-state index is 0.0340. The predicted octanol–water partition coefficient (Wildman–Crippen LogP) is 3.37. The fourth-order valence-electron chi connectivity index (χ4n) is 1.70. The van der Waals surface area contributed by atoms with Gasteiger partial charge in [-0.25, -0.2) is 0 Å². The van der Waals surface area contributed by atoms with Crippen molar-refractivity contribution in [2.75, 3.05) is 0 Å². The maximum absolute atomic E-state index is 11.2. The van der Waals surface area contributed by atoms with Crippen LogP contribution in [0, 0.1) is 17.0 Å². The fraction of sp³-hybridized carbons (Fsp3) is 0.154. The lowest BCUT2D eigenvalue weighted by molar-refractivity contribution is -0.384. The lowest BCUT2D eigenvalue weighted by atomic mass is 10.1. The first-order valence-electron chi connectivity index (χ1n) is 5.35. The molecule has 0 bridgehead atoms. The van der Waals surface area contributed by atoms with Gasteiger partial charge in [0.25, 0.3) is 5.69 Å². The van der Waals surface area contributed by atoms with Crippen molar-refractivity contribution < 1.29 is 14.1 Å². The van der Waals surface area contributed by atoms with Gasteiger partial charge in [-0.05, 0) is 30.7 Å². The number of aryl methyl sites for hydroxylation is 1. The van der Waals surface area contributed by atoms with E-state index in [0.29, 0.717) is 11.5 Å². The average Bonchev–Trinajstić information content (AvgIpc) is 2.71. The lowest BCUT2D eigenvalue weighted by Gasteiger charge is -1.98. The molecule has 1 heterocycles. The molecule has 1 aromatic heterocycles. The summed E-state index contributed by atoms with van der Waals surface area (Å²) in [4.78, 5) is 21.3. The highest BCUT2D eigenvalue weighted by atomic mass is 16.6. The summed E-state index contributed by atoms with van der Waals surface area (Å²) in [5.41, 5.74) is 1.59. The minimum atomic E-state index is -0.451. The maximum Gasteiger partial charge on any atom is 0.269 e. The Morgan fingerprint density at radius 2 is 1.89 bits per heavy atom. The molecule has 0 saturated carbocycles. The molecule has 0 fully saturated rings. The predicted molar refractivity (Wildman–Crippen MR) is 65.5 cm³/mol. The number of carbonyl (C=O) groups excluding carboxylic acids is 1. The number of ketones is 1. The molecule has 0 unspecified atom stereocenters. The molecule has 5 heteroatoms. The Labute approximate surface area is 103 Å². The smallest absolute Gasteiger partial charge is 0.269 e. The topological polar surface area (TPSA) is 73.3 Å². The van der Waals surface area contributed by atoms with Crippen LogP contribution in [0.2, 0.25) is 0 Å². The van der Waals surface area contributed by atoms with E-state index >= 15 is 0 Å². The number of Topliss-reactive ketones (excluding diaryl/α,β-unsaturated/α-hetero) is 1. The quantitative estimate of drug-likeness (QED) is 0.472. The van der Waals surface area contributed by atoms with Crippen LogP contribution in [0.4, 0.5) is 5.69 Å². The van der Waals surface area contributed by atoms with Crippen molar-refractivity contribution in [1.29, 1.82) is 0 Å². The Bertz CT molecular complexity index is 610. The van der Waals surface area contributed by atoms with Crippen molar-refractivity contribution in [2.24, 2.45) is 0 Å². The molecule has 18 heavy (non-hydrogen) atoms. The normalized spacial score (nSPS) is 10.3. The number of benzene rings is 1. The molecule has 5 nitrogen and oxygen atoms in total. The van der Waals surface area contributed by atoms with Gasteiger partial charge in [0.05, 0.1) is 4.92 Å². The number of hydrogen-bond donors (Lipinski definition) is 0. The molecule has 92 valence electrons. The van der Waals surface area contributed by atoms with Gasteiger partial charge < -0.3 is 4.42 Å². The second kappa shape index (κ2) is 4.44. The van der Waals surface area contributed by atoms with E-state index in [1.54, 1.807) is 25.1 Å². The molecule has 0 aliphatic heterocycles. The molecule has 0 N–H and O–H groups in total. The minimum Gasteiger partial charge on any atom is -0.458 e. The molecular weight excluding hydrogens is 234 g/mol. The first kappa shape index (κ1) is 12.0. The highest BCUT2D eigenvalue weighted by Gasteiger charge is 2.13. The van der Waals surface area contributed by atoms with Gasteiger partial charge in [-0.3, -0.25) is 14.9 Å². The largest absolute Gasteiger partial charge is 0.458 e. The summed E-state index contributed by atoms with van der Waals surface area (Å²) in [5, 5.41) is 10.6. The van der Waals surface area contributed by atoms with E-state index < -0.39 is 4.92 Å². The van der Waals surface area contributed by atoms with Gasteiger partial charge in [-0.15, -0.1) is 0 Å². The molecule has 0 saturated heterocycles. The zero-order valence-electron chi connectivity index (χ0n) is 9.97. The van der Waals surface area contributed by atoms with Crippen LogP contribution in [0.3, 0.4) is 0 Å². The Hall–Kier alpha value is -2.43. The van der Waals surface area contributed by atoms with Crippen LogP contribution in [0.25, 0.3) is 11.1 Å². The van der Waals surface area contributed by atoms with Crippen LogP contribution < -0.4 is 0 Å². The summed E-state index contributed by atoms with van der Waals surface area (Å²) in [5.74, 6) is 0.765. The number of furan rings is 1. The summed E-state index contributed by atoms with van der Waals surface area (Å²) < 4.78 is 5.32. The molecular formula is C13H11NO4. The highest BCUT2D eigenvalue weighted by Crippen LogP contribution is 2.28. The highest BCUT2D eigenvalue weighted by molar-refractivity contribution is 5.93. The van der Waals surface area contributed by atoms with Crippen LogP contribution >= 0.6 is 0 Å². The molecule has 0 radical (unpaired) electrons. The summed E-state index contributed by atoms with van der Waals surface area (Å²) in [6.45, 7) is 3.18. The van der Waals surface area contributed by atoms with Crippen LogP contribution in [0.1, 0.15) is 23.2 Å². The standard InChI is InChI=1S/C13H11NO4/c1-8(15)13-7-12(9(2)18-13)10-3-5-11(6-4-10)14(16)17/h3-7H,1-2H3. The second-order valence-corrected chi connectivity index (χ2v) is 3.94. The van der Waals surface area contributed by atoms with Gasteiger partial charge >= 0.3 is 0 Å². The fourth-order valence-corrected chi connectivity index (χ4v) is 1.70. The number of non-ortho nitro benzene ring substituents is 1. The van der Waals surface area contributed by atoms with Crippen LogP contribution in [0.5, 0.6) is 0 Å². The number of rotatable bonds is 3. The number of carbonyl (C=O) groups is 1. The molecule has 0 atom stereocenters. The monoisotopic (exact) mass is 245 g/mol. The number of hydrogen-bond acceptors (Lipinski definition) is 4. The number of nitro groups is 1. The molecule has 0 spiro atoms. The van der Waals surface area contributed by atoms with Crippen LogP contribution in [-0.4, -0.2) is 10.7 Å². The van der Waals surface area contributed by atoms with E-state index in [4.69, 9.17) is 4.42 Å². The van der Waals surface area contributed by atoms with Gasteiger partial charge in [0.1, 0.15) is 5.76 Å². The summed E-state index contributed by atoms with van der Waals surface area (Å²) >= 11 is 0. The van der Waals surface area contributed by atoms with Gasteiger partial charge in [-0.1, -0.05) is 0 Å². The molecule has 2 aromatic rings. The first-order chi connectivity index (χ1) is 8.49. The zero-order valence-corrected chi connectivity index (χ0v) is 9.97. The van der Waals surface area contributed by atoms with Crippen molar-refractivity contribution >= 4 is 11.5 Å². The molecule has 0 aliphatic carbocycles. The Morgan fingerprint density at radius 3 is 2.33 bits per heavy atom. The third-order valence-corrected chi connectivity index (χ3v) is 2.65. The summed E-state index contributed by atoms with van der Waals surface area (Å²) in [6, 6.07) is 7.78. The maximum atomic E-state index is 11.2. The van der Waals surface area contributed by atoms with Crippen LogP contribution in [0.15, 0.2) is 34.7 Å². The van der Waals surface area contributed by atoms with E-state index in [2.05, 4.69) is 0 Å². The third-order valence-electron chi connectivity index (χ3n) is 2.65. The molecule has 1 aromatic carbocycles. The molecule has 0 amide bonds. The van der Waals surface area contributed by atoms with Gasteiger partial charge in [0, 0.05) is 24.6 Å². The van der Waals surface area contributed by atoms with E-state index in [1.807, 2.05) is 0 Å². The Kier molecular flexibility index (Phi) is 2.97. The number of nitrogens with zero attached hydrogens (tertiary/aromatic N) is 1. The molecule has 0 aliphatic rings. The Balaban J connectivity index is 2.42. The van der Waals surface area contributed by atoms with Crippen LogP contribution in [-0.2, 0) is 0 Å². The van der Waals surface area contributed by atoms with Crippen molar-refractivity contribution in [3.8, 4) is 11.1 Å². The van der Waals surface area contributed by atoms with Gasteiger partial charge in [-0.2, -0.15) is 0 Å². The van der Waals surface area contributed by atoms with Gasteiger partial charge in [0.2, 0.25) is 0 Å². The average molecular weight is 245 g/mol. The lowest BCUT2D eigenvalue weighted by Crippen LogP contribution is -1.87. The van der Waals surface area contributed by atoms with E-state index in [9.17, 15) is 14.9 Å². The third kappa shape index (κ3) is 2.15. The zero-order chi connectivity index (χ0) is 13.3. The van der Waals surface area contributed by atoms with Crippen molar-refractivity contribution in [2.45, 2.75) is 13.8 Å². The molecule has 2 rings (SSSR count). The van der Waals surface area contributed by atoms with E-state index in [1.165, 1.54) is 19.1 Å². The van der Waals surface area contributed by atoms with Crippen molar-refractivity contribution in [3.63, 3.8) is 0 Å². The van der Waals surface area contributed by atoms with Gasteiger partial charge in [0.15, 0.2) is 11.5 Å². The summed E-state index contributed by atoms with van der Waals surface area (Å²) in [7, 11) is 0. The second-order valence-electron chi connectivity index (χ2n) is 3.94. The SMILES string of the molecule is CC(=O)c1cc(-c2ccc([N+](=O)[O-])cc2)c(C)o1. The first-order valence-corrected chi connectivity index (χ1v) is 5.35. The number of nitro benzene ring substituents is 1. The Morgan fingerprint density at radius 1 is 1.28 bits per heavy atom. The van der Waals surface area contributed by atoms with Crippen molar-refractivity contribution in [3.05, 3.63) is 52.0 Å². The van der Waals surface area contributed by atoms with E-state index in [0.717, 1.165) is 11.1 Å². The summed E-state index contributed by atoms with van der Waals surface area (Å²) in [6.07, 6.45) is 0. The van der Waals surface area contributed by atoms with Crippen molar-refractivity contribution in [1.82, 2.24) is 0 Å². The van der Waals surface area contributed by atoms with E-state index in [-0.39, 0.29) is 11.5 Å².